The van der Waals surface area contributed by atoms with Gasteiger partial charge in [-0.25, -0.2) is 4.99 Å². The van der Waals surface area contributed by atoms with Crippen molar-refractivity contribution in [1.82, 2.24) is 0 Å². The number of nitrogens with zero attached hydrogens (tertiary/aromatic N) is 1. The first-order chi connectivity index (χ1) is 8.92. The third kappa shape index (κ3) is 1.44. The van der Waals surface area contributed by atoms with Crippen molar-refractivity contribution in [3.63, 3.8) is 0 Å². The predicted octanol–water partition coefficient (Wildman–Crippen LogP) is 3.47. The van der Waals surface area contributed by atoms with Crippen molar-refractivity contribution in [3.8, 4) is 0 Å². The number of benzene rings is 2. The van der Waals surface area contributed by atoms with Crippen LogP contribution in [0.5, 0.6) is 0 Å². The molecule has 90 valence electrons. The predicted molar refractivity (Wildman–Crippen MR) is 73.6 cm³/mol. The van der Waals surface area contributed by atoms with Crippen LogP contribution in [0.2, 0.25) is 0 Å². The summed E-state index contributed by atoms with van der Waals surface area (Å²) >= 11 is 0. The van der Waals surface area contributed by atoms with Crippen LogP contribution in [0.4, 0.5) is 11.4 Å². The van der Waals surface area contributed by atoms with Crippen LogP contribution in [0.3, 0.4) is 0 Å². The standard InChI is InChI=1S/C15H14N2O/c1-4-10-5-2-7-12-14(10)11(6-1)16-15(17-12)13-8-3-9-18-13/h1-2,4-7,13H,3,8-9H2,(H,16,17). The number of nitrogens with one attached hydrogen (secondary N) is 1. The Bertz CT molecular complexity index is 637. The van der Waals surface area contributed by atoms with Gasteiger partial charge in [-0.15, -0.1) is 0 Å². The van der Waals surface area contributed by atoms with Gasteiger partial charge in [0.2, 0.25) is 0 Å². The molecule has 0 bridgehead atoms. The molecule has 2 aromatic carbocycles. The van der Waals surface area contributed by atoms with Crippen molar-refractivity contribution in [2.45, 2.75) is 18.9 Å². The summed E-state index contributed by atoms with van der Waals surface area (Å²) in [5, 5.41) is 5.87. The van der Waals surface area contributed by atoms with Gasteiger partial charge in [-0.3, -0.25) is 0 Å². The molecule has 1 N–H and O–H groups in total. The van der Waals surface area contributed by atoms with E-state index in [2.05, 4.69) is 41.7 Å². The smallest absolute Gasteiger partial charge is 0.136 e. The molecule has 3 heteroatoms. The van der Waals surface area contributed by atoms with Gasteiger partial charge in [0.25, 0.3) is 0 Å². The van der Waals surface area contributed by atoms with Crippen molar-refractivity contribution in [2.75, 3.05) is 11.9 Å². The summed E-state index contributed by atoms with van der Waals surface area (Å²) in [7, 11) is 0. The van der Waals surface area contributed by atoms with Gasteiger partial charge in [-0.2, -0.15) is 0 Å². The van der Waals surface area contributed by atoms with E-state index in [9.17, 15) is 0 Å². The quantitative estimate of drug-likeness (QED) is 0.825. The zero-order valence-corrected chi connectivity index (χ0v) is 10.0. The Labute approximate surface area is 105 Å². The number of amidine groups is 1. The van der Waals surface area contributed by atoms with Gasteiger partial charge in [-0.1, -0.05) is 24.3 Å². The van der Waals surface area contributed by atoms with Gasteiger partial charge in [0, 0.05) is 17.7 Å². The second kappa shape index (κ2) is 3.82. The topological polar surface area (TPSA) is 33.6 Å². The molecule has 1 atom stereocenters. The highest BCUT2D eigenvalue weighted by molar-refractivity contribution is 6.14. The number of aliphatic imine (C=N–C) groups is 1. The summed E-state index contributed by atoms with van der Waals surface area (Å²) in [4.78, 5) is 4.73. The molecule has 0 aromatic heterocycles. The summed E-state index contributed by atoms with van der Waals surface area (Å²) in [6.45, 7) is 0.844. The zero-order valence-electron chi connectivity index (χ0n) is 10.0. The van der Waals surface area contributed by atoms with E-state index >= 15 is 0 Å². The van der Waals surface area contributed by atoms with Crippen LogP contribution in [0.15, 0.2) is 41.4 Å². The van der Waals surface area contributed by atoms with Gasteiger partial charge in [-0.05, 0) is 30.4 Å². The molecule has 2 aliphatic heterocycles. The molecule has 0 saturated carbocycles. The summed E-state index contributed by atoms with van der Waals surface area (Å²) < 4.78 is 5.71. The van der Waals surface area contributed by atoms with E-state index < -0.39 is 0 Å². The van der Waals surface area contributed by atoms with Crippen LogP contribution in [-0.4, -0.2) is 18.5 Å². The van der Waals surface area contributed by atoms with E-state index in [0.29, 0.717) is 0 Å². The van der Waals surface area contributed by atoms with E-state index in [-0.39, 0.29) is 6.10 Å². The molecule has 2 aromatic rings. The van der Waals surface area contributed by atoms with Crippen LogP contribution in [-0.2, 0) is 4.74 Å². The summed E-state index contributed by atoms with van der Waals surface area (Å²) in [6.07, 6.45) is 2.31. The fraction of sp³-hybridized carbons (Fsp3) is 0.267. The van der Waals surface area contributed by atoms with E-state index in [1.54, 1.807) is 0 Å². The first-order valence-electron chi connectivity index (χ1n) is 6.41. The third-order valence-corrected chi connectivity index (χ3v) is 3.62. The molecule has 0 spiro atoms. The molecular weight excluding hydrogens is 224 g/mol. The lowest BCUT2D eigenvalue weighted by Gasteiger charge is -2.22. The minimum Gasteiger partial charge on any atom is -0.370 e. The van der Waals surface area contributed by atoms with Crippen molar-refractivity contribution >= 4 is 28.0 Å². The average Bonchev–Trinajstić information content (AvgIpc) is 2.93. The number of ether oxygens (including phenoxy) is 1. The Balaban J connectivity index is 1.88. The third-order valence-electron chi connectivity index (χ3n) is 3.62. The Morgan fingerprint density at radius 2 is 2.06 bits per heavy atom. The van der Waals surface area contributed by atoms with Crippen molar-refractivity contribution in [2.24, 2.45) is 4.99 Å². The molecule has 3 nitrogen and oxygen atoms in total. The maximum absolute atomic E-state index is 5.71. The second-order valence-electron chi connectivity index (χ2n) is 4.80. The summed E-state index contributed by atoms with van der Waals surface area (Å²) in [5.74, 6) is 0.957. The Hall–Kier alpha value is -1.87. The fourth-order valence-electron chi connectivity index (χ4n) is 2.76. The monoisotopic (exact) mass is 238 g/mol. The lowest BCUT2D eigenvalue weighted by molar-refractivity contribution is 0.158. The van der Waals surface area contributed by atoms with Gasteiger partial charge < -0.3 is 10.1 Å². The van der Waals surface area contributed by atoms with E-state index in [0.717, 1.165) is 36.7 Å². The molecule has 4 rings (SSSR count). The van der Waals surface area contributed by atoms with Crippen molar-refractivity contribution in [3.05, 3.63) is 36.4 Å². The van der Waals surface area contributed by atoms with E-state index in [1.165, 1.54) is 10.8 Å². The van der Waals surface area contributed by atoms with Gasteiger partial charge in [0.1, 0.15) is 11.9 Å². The Morgan fingerprint density at radius 1 is 1.17 bits per heavy atom. The molecule has 1 fully saturated rings. The first kappa shape index (κ1) is 10.1. The zero-order chi connectivity index (χ0) is 11.9. The highest BCUT2D eigenvalue weighted by Gasteiger charge is 2.25. The molecule has 0 amide bonds. The maximum atomic E-state index is 5.71. The largest absolute Gasteiger partial charge is 0.370 e. The maximum Gasteiger partial charge on any atom is 0.136 e. The minimum absolute atomic E-state index is 0.133. The number of hydrogen-bond donors (Lipinski definition) is 1. The highest BCUT2D eigenvalue weighted by Crippen LogP contribution is 2.36. The SMILES string of the molecule is c1cc2c3c(cccc3c1)NC(C1CCCO1)=N2. The van der Waals surface area contributed by atoms with Gasteiger partial charge >= 0.3 is 0 Å². The molecule has 18 heavy (non-hydrogen) atoms. The molecule has 0 aliphatic carbocycles. The highest BCUT2D eigenvalue weighted by atomic mass is 16.5. The molecule has 0 radical (unpaired) electrons. The lowest BCUT2D eigenvalue weighted by atomic mass is 10.0. The van der Waals surface area contributed by atoms with Crippen LogP contribution >= 0.6 is 0 Å². The van der Waals surface area contributed by atoms with Crippen molar-refractivity contribution < 1.29 is 4.74 Å². The normalized spacial score (nSPS) is 21.8. The van der Waals surface area contributed by atoms with Crippen LogP contribution in [0, 0.1) is 0 Å². The first-order valence-corrected chi connectivity index (χ1v) is 6.41. The van der Waals surface area contributed by atoms with Crippen molar-refractivity contribution in [1.29, 1.82) is 0 Å². The minimum atomic E-state index is 0.133. The molecule has 1 saturated heterocycles. The molecular formula is C15H14N2O. The van der Waals surface area contributed by atoms with Crippen LogP contribution in [0.25, 0.3) is 10.8 Å². The number of rotatable bonds is 1. The molecule has 2 aliphatic rings. The Kier molecular flexibility index (Phi) is 2.14. The van der Waals surface area contributed by atoms with Gasteiger partial charge in [0.05, 0.1) is 5.69 Å². The Morgan fingerprint density at radius 3 is 2.89 bits per heavy atom. The van der Waals surface area contributed by atoms with Crippen LogP contribution < -0.4 is 5.32 Å². The number of hydrogen-bond acceptors (Lipinski definition) is 3. The average molecular weight is 238 g/mol. The number of anilines is 1. The summed E-state index contributed by atoms with van der Waals surface area (Å²) in [5.41, 5.74) is 2.19. The van der Waals surface area contributed by atoms with E-state index in [4.69, 9.17) is 9.73 Å². The second-order valence-corrected chi connectivity index (χ2v) is 4.80. The van der Waals surface area contributed by atoms with E-state index in [1.807, 2.05) is 0 Å². The van der Waals surface area contributed by atoms with Gasteiger partial charge in [0.15, 0.2) is 0 Å². The molecule has 1 unspecified atom stereocenters. The molecule has 2 heterocycles. The van der Waals surface area contributed by atoms with Crippen LogP contribution in [0.1, 0.15) is 12.8 Å². The lowest BCUT2D eigenvalue weighted by Crippen LogP contribution is -2.28. The fourth-order valence-corrected chi connectivity index (χ4v) is 2.76. The summed E-state index contributed by atoms with van der Waals surface area (Å²) in [6, 6.07) is 12.6.